The Hall–Kier alpha value is -2.34. The van der Waals surface area contributed by atoms with Gasteiger partial charge in [0, 0.05) is 5.56 Å². The number of benzene rings is 1. The summed E-state index contributed by atoms with van der Waals surface area (Å²) in [5, 5.41) is 10.9. The number of para-hydroxylation sites is 1. The molecule has 0 amide bonds. The van der Waals surface area contributed by atoms with Crippen molar-refractivity contribution in [2.24, 2.45) is 0 Å². The van der Waals surface area contributed by atoms with Crippen LogP contribution in [0.2, 0.25) is 0 Å². The van der Waals surface area contributed by atoms with Gasteiger partial charge in [-0.3, -0.25) is 0 Å². The molecule has 1 aromatic carbocycles. The number of rotatable bonds is 5. The van der Waals surface area contributed by atoms with Crippen molar-refractivity contribution in [1.29, 1.82) is 0 Å². The van der Waals surface area contributed by atoms with E-state index in [1.165, 1.54) is 20.4 Å². The average molecular weight is 290 g/mol. The molecule has 0 aliphatic carbocycles. The first-order valence-electron chi connectivity index (χ1n) is 6.36. The highest BCUT2D eigenvalue weighted by Crippen LogP contribution is 2.37. The van der Waals surface area contributed by atoms with Gasteiger partial charge in [-0.05, 0) is 13.0 Å². The molecule has 1 unspecified atom stereocenters. The van der Waals surface area contributed by atoms with Gasteiger partial charge in [0.15, 0.2) is 0 Å². The molecule has 21 heavy (non-hydrogen) atoms. The van der Waals surface area contributed by atoms with Crippen LogP contribution in [0.1, 0.15) is 18.2 Å². The van der Waals surface area contributed by atoms with E-state index >= 15 is 0 Å². The zero-order valence-electron chi connectivity index (χ0n) is 12.5. The quantitative estimate of drug-likeness (QED) is 0.904. The molecule has 2 aromatic rings. The number of ether oxygens (including phenoxy) is 3. The molecule has 0 aliphatic heterocycles. The number of methoxy groups -OCH3 is 3. The summed E-state index contributed by atoms with van der Waals surface area (Å²) in [5.74, 6) is 1.07. The first-order chi connectivity index (χ1) is 10.0. The van der Waals surface area contributed by atoms with Crippen LogP contribution in [-0.4, -0.2) is 36.4 Å². The fourth-order valence-electron chi connectivity index (χ4n) is 2.11. The Morgan fingerprint density at radius 3 is 2.38 bits per heavy atom. The zero-order chi connectivity index (χ0) is 15.5. The monoisotopic (exact) mass is 290 g/mol. The molecule has 6 heteroatoms. The molecule has 0 radical (unpaired) electrons. The van der Waals surface area contributed by atoms with Crippen molar-refractivity contribution in [3.8, 4) is 17.5 Å². The molecule has 0 saturated carbocycles. The van der Waals surface area contributed by atoms with E-state index in [0.29, 0.717) is 17.2 Å². The van der Waals surface area contributed by atoms with Gasteiger partial charge in [-0.2, -0.15) is 4.98 Å². The molecule has 0 bridgehead atoms. The lowest BCUT2D eigenvalue weighted by molar-refractivity contribution is 0.0896. The van der Waals surface area contributed by atoms with Crippen LogP contribution in [0.4, 0.5) is 0 Å². The summed E-state index contributed by atoms with van der Waals surface area (Å²) in [5.41, 5.74) is -0.558. The third-order valence-electron chi connectivity index (χ3n) is 3.21. The molecule has 0 spiro atoms. The van der Waals surface area contributed by atoms with Crippen molar-refractivity contribution in [3.63, 3.8) is 0 Å². The van der Waals surface area contributed by atoms with Gasteiger partial charge in [0.1, 0.15) is 17.0 Å². The SMILES string of the molecule is COc1cnc(C(C)(O)c2ccccc2OC)c(OC)n1. The highest BCUT2D eigenvalue weighted by Gasteiger charge is 2.34. The number of hydrogen-bond acceptors (Lipinski definition) is 6. The normalized spacial score (nSPS) is 13.4. The number of hydrogen-bond donors (Lipinski definition) is 1. The standard InChI is InChI=1S/C15H18N2O4/c1-15(18,10-7-5-6-8-11(10)19-2)13-14(21-4)17-12(20-3)9-16-13/h5-9,18H,1-4H3. The third kappa shape index (κ3) is 2.75. The predicted octanol–water partition coefficient (Wildman–Crippen LogP) is 1.76. The van der Waals surface area contributed by atoms with E-state index in [9.17, 15) is 5.11 Å². The van der Waals surface area contributed by atoms with Crippen molar-refractivity contribution in [3.05, 3.63) is 41.7 Å². The Morgan fingerprint density at radius 1 is 1.05 bits per heavy atom. The molecule has 0 aliphatic rings. The minimum atomic E-state index is -1.42. The lowest BCUT2D eigenvalue weighted by Crippen LogP contribution is -2.26. The van der Waals surface area contributed by atoms with Crippen LogP contribution in [-0.2, 0) is 5.60 Å². The first kappa shape index (κ1) is 15.1. The minimum absolute atomic E-state index is 0.199. The molecule has 1 N–H and O–H groups in total. The van der Waals surface area contributed by atoms with Crippen LogP contribution < -0.4 is 14.2 Å². The fraction of sp³-hybridized carbons (Fsp3) is 0.333. The van der Waals surface area contributed by atoms with E-state index in [1.807, 2.05) is 12.1 Å². The van der Waals surface area contributed by atoms with Gasteiger partial charge in [-0.1, -0.05) is 18.2 Å². The topological polar surface area (TPSA) is 73.7 Å². The summed E-state index contributed by atoms with van der Waals surface area (Å²) in [7, 11) is 4.50. The second-order valence-electron chi connectivity index (χ2n) is 4.54. The van der Waals surface area contributed by atoms with Crippen molar-refractivity contribution in [1.82, 2.24) is 9.97 Å². The molecule has 1 aromatic heterocycles. The number of aliphatic hydroxyl groups is 1. The van der Waals surface area contributed by atoms with Gasteiger partial charge in [0.05, 0.1) is 27.5 Å². The second kappa shape index (κ2) is 5.97. The summed E-state index contributed by atoms with van der Waals surface area (Å²) < 4.78 is 15.5. The Balaban J connectivity index is 2.58. The third-order valence-corrected chi connectivity index (χ3v) is 3.21. The maximum absolute atomic E-state index is 10.9. The lowest BCUT2D eigenvalue weighted by Gasteiger charge is -2.26. The van der Waals surface area contributed by atoms with Crippen LogP contribution in [0.25, 0.3) is 0 Å². The van der Waals surface area contributed by atoms with Crippen molar-refractivity contribution in [2.45, 2.75) is 12.5 Å². The number of aromatic nitrogens is 2. The zero-order valence-corrected chi connectivity index (χ0v) is 12.5. The van der Waals surface area contributed by atoms with Crippen molar-refractivity contribution < 1.29 is 19.3 Å². The summed E-state index contributed by atoms with van der Waals surface area (Å²) in [6.45, 7) is 1.61. The van der Waals surface area contributed by atoms with Gasteiger partial charge in [0.25, 0.3) is 0 Å². The van der Waals surface area contributed by atoms with E-state index < -0.39 is 5.60 Å². The molecule has 1 heterocycles. The Bertz CT molecular complexity index is 629. The molecular formula is C15H18N2O4. The van der Waals surface area contributed by atoms with Crippen LogP contribution in [0.15, 0.2) is 30.5 Å². The maximum Gasteiger partial charge on any atom is 0.242 e. The van der Waals surface area contributed by atoms with Gasteiger partial charge in [0.2, 0.25) is 11.8 Å². The van der Waals surface area contributed by atoms with Crippen LogP contribution in [0, 0.1) is 0 Å². The molecule has 0 fully saturated rings. The highest BCUT2D eigenvalue weighted by atomic mass is 16.5. The van der Waals surface area contributed by atoms with Gasteiger partial charge >= 0.3 is 0 Å². The van der Waals surface area contributed by atoms with E-state index in [0.717, 1.165) is 0 Å². The summed E-state index contributed by atoms with van der Waals surface area (Å²) in [4.78, 5) is 8.37. The fourth-order valence-corrected chi connectivity index (χ4v) is 2.11. The van der Waals surface area contributed by atoms with Gasteiger partial charge < -0.3 is 19.3 Å². The Morgan fingerprint density at radius 2 is 1.76 bits per heavy atom. The van der Waals surface area contributed by atoms with Crippen molar-refractivity contribution in [2.75, 3.05) is 21.3 Å². The van der Waals surface area contributed by atoms with Gasteiger partial charge in [-0.25, -0.2) is 4.98 Å². The Labute approximate surface area is 123 Å². The summed E-state index contributed by atoms with van der Waals surface area (Å²) in [6.07, 6.45) is 1.43. The van der Waals surface area contributed by atoms with Gasteiger partial charge in [-0.15, -0.1) is 0 Å². The molecule has 112 valence electrons. The molecule has 6 nitrogen and oxygen atoms in total. The first-order valence-corrected chi connectivity index (χ1v) is 6.36. The second-order valence-corrected chi connectivity index (χ2v) is 4.54. The highest BCUT2D eigenvalue weighted by molar-refractivity contribution is 5.45. The van der Waals surface area contributed by atoms with Crippen LogP contribution in [0.3, 0.4) is 0 Å². The summed E-state index contributed by atoms with van der Waals surface area (Å²) >= 11 is 0. The Kier molecular flexibility index (Phi) is 4.28. The summed E-state index contributed by atoms with van der Waals surface area (Å²) in [6, 6.07) is 7.18. The van der Waals surface area contributed by atoms with E-state index in [-0.39, 0.29) is 11.6 Å². The maximum atomic E-state index is 10.9. The lowest BCUT2D eigenvalue weighted by atomic mass is 9.91. The number of nitrogens with zero attached hydrogens (tertiary/aromatic N) is 2. The van der Waals surface area contributed by atoms with E-state index in [2.05, 4.69) is 9.97 Å². The van der Waals surface area contributed by atoms with E-state index in [4.69, 9.17) is 14.2 Å². The molecule has 0 saturated heterocycles. The predicted molar refractivity (Wildman–Crippen MR) is 76.8 cm³/mol. The van der Waals surface area contributed by atoms with E-state index in [1.54, 1.807) is 26.2 Å². The van der Waals surface area contributed by atoms with Crippen LogP contribution in [0.5, 0.6) is 17.5 Å². The van der Waals surface area contributed by atoms with Crippen molar-refractivity contribution >= 4 is 0 Å². The minimum Gasteiger partial charge on any atom is -0.496 e. The van der Waals surface area contributed by atoms with Crippen LogP contribution >= 0.6 is 0 Å². The molecule has 2 rings (SSSR count). The largest absolute Gasteiger partial charge is 0.496 e. The average Bonchev–Trinajstić information content (AvgIpc) is 2.53. The molecule has 1 atom stereocenters. The smallest absolute Gasteiger partial charge is 0.242 e. The molecular weight excluding hydrogens is 272 g/mol.